The summed E-state index contributed by atoms with van der Waals surface area (Å²) in [5.41, 5.74) is 0.749. The summed E-state index contributed by atoms with van der Waals surface area (Å²) in [6.07, 6.45) is -0.400. The molecule has 1 aromatic carbocycles. The van der Waals surface area contributed by atoms with E-state index in [1.54, 1.807) is 0 Å². The zero-order chi connectivity index (χ0) is 20.0. The second-order valence-corrected chi connectivity index (χ2v) is 8.08. The zero-order valence-corrected chi connectivity index (χ0v) is 16.7. The van der Waals surface area contributed by atoms with E-state index in [0.29, 0.717) is 0 Å². The number of ether oxygens (including phenoxy) is 3. The molecule has 1 unspecified atom stereocenters. The first-order valence-corrected chi connectivity index (χ1v) is 9.23. The smallest absolute Gasteiger partial charge is 0.303 e. The van der Waals surface area contributed by atoms with Crippen LogP contribution in [0.2, 0.25) is 0 Å². The van der Waals surface area contributed by atoms with Crippen LogP contribution in [0.4, 0.5) is 0 Å². The fraction of sp³-hybridized carbons (Fsp3) is 0.526. The van der Waals surface area contributed by atoms with Gasteiger partial charge in [0, 0.05) is 21.1 Å². The SMILES string of the molecule is COC1(OC)[C@@]2(Cl)C[C@H](CC(OC(C)=O)c3ccccc3)[C@]1(Cl)C(=O)C2=O. The van der Waals surface area contributed by atoms with Gasteiger partial charge in [-0.15, -0.1) is 23.2 Å². The molecule has 27 heavy (non-hydrogen) atoms. The van der Waals surface area contributed by atoms with Crippen LogP contribution in [0.3, 0.4) is 0 Å². The van der Waals surface area contributed by atoms with Crippen LogP contribution >= 0.6 is 23.2 Å². The maximum Gasteiger partial charge on any atom is 0.303 e. The van der Waals surface area contributed by atoms with Crippen LogP contribution in [0.25, 0.3) is 0 Å². The summed E-state index contributed by atoms with van der Waals surface area (Å²) >= 11 is 13.3. The Hall–Kier alpha value is -1.47. The molecule has 0 radical (unpaired) electrons. The minimum absolute atomic E-state index is 0.0644. The van der Waals surface area contributed by atoms with Crippen molar-refractivity contribution in [1.29, 1.82) is 0 Å². The lowest BCUT2D eigenvalue weighted by Crippen LogP contribution is -2.57. The number of halogens is 2. The van der Waals surface area contributed by atoms with E-state index in [4.69, 9.17) is 37.4 Å². The van der Waals surface area contributed by atoms with Crippen molar-refractivity contribution in [3.8, 4) is 0 Å². The molecule has 0 saturated heterocycles. The van der Waals surface area contributed by atoms with E-state index < -0.39 is 45.1 Å². The van der Waals surface area contributed by atoms with Crippen LogP contribution in [0.5, 0.6) is 0 Å². The van der Waals surface area contributed by atoms with Gasteiger partial charge < -0.3 is 14.2 Å². The van der Waals surface area contributed by atoms with E-state index in [0.717, 1.165) is 5.56 Å². The molecule has 0 spiro atoms. The molecule has 1 aromatic rings. The Morgan fingerprint density at radius 1 is 1.15 bits per heavy atom. The van der Waals surface area contributed by atoms with Gasteiger partial charge >= 0.3 is 5.97 Å². The van der Waals surface area contributed by atoms with Gasteiger partial charge in [-0.25, -0.2) is 0 Å². The molecule has 0 aliphatic heterocycles. The lowest BCUT2D eigenvalue weighted by atomic mass is 9.81. The molecule has 0 heterocycles. The summed E-state index contributed by atoms with van der Waals surface area (Å²) in [6.45, 7) is 1.31. The van der Waals surface area contributed by atoms with Crippen LogP contribution in [-0.4, -0.2) is 47.3 Å². The van der Waals surface area contributed by atoms with Gasteiger partial charge in [-0.1, -0.05) is 30.3 Å². The molecule has 2 fully saturated rings. The van der Waals surface area contributed by atoms with E-state index in [9.17, 15) is 14.4 Å². The normalized spacial score (nSPS) is 32.6. The Balaban J connectivity index is 2.01. The van der Waals surface area contributed by atoms with Gasteiger partial charge in [-0.05, 0) is 24.3 Å². The van der Waals surface area contributed by atoms with Gasteiger partial charge in [0.2, 0.25) is 17.4 Å². The number of benzene rings is 1. The highest BCUT2D eigenvalue weighted by Crippen LogP contribution is 2.66. The van der Waals surface area contributed by atoms with Crippen molar-refractivity contribution >= 4 is 40.7 Å². The van der Waals surface area contributed by atoms with E-state index >= 15 is 0 Å². The molecule has 6 nitrogen and oxygen atoms in total. The number of alkyl halides is 2. The quantitative estimate of drug-likeness (QED) is 0.308. The van der Waals surface area contributed by atoms with Crippen molar-refractivity contribution in [2.24, 2.45) is 5.92 Å². The number of methoxy groups -OCH3 is 2. The summed E-state index contributed by atoms with van der Waals surface area (Å²) in [5.74, 6) is -4.52. The maximum absolute atomic E-state index is 12.7. The Morgan fingerprint density at radius 3 is 2.22 bits per heavy atom. The molecule has 0 aromatic heterocycles. The first-order valence-electron chi connectivity index (χ1n) is 8.47. The van der Waals surface area contributed by atoms with Gasteiger partial charge in [-0.3, -0.25) is 14.4 Å². The van der Waals surface area contributed by atoms with Crippen molar-refractivity contribution < 1.29 is 28.6 Å². The van der Waals surface area contributed by atoms with Crippen molar-refractivity contribution in [2.45, 2.75) is 41.4 Å². The number of fused-ring (bicyclic) bond motifs is 2. The van der Waals surface area contributed by atoms with Gasteiger partial charge in [-0.2, -0.15) is 0 Å². The number of carbonyl (C=O) groups excluding carboxylic acids is 3. The Morgan fingerprint density at radius 2 is 1.74 bits per heavy atom. The van der Waals surface area contributed by atoms with E-state index in [2.05, 4.69) is 0 Å². The largest absolute Gasteiger partial charge is 0.458 e. The molecule has 146 valence electrons. The predicted octanol–water partition coefficient (Wildman–Crippen LogP) is 2.80. The summed E-state index contributed by atoms with van der Waals surface area (Å²) in [6, 6.07) is 9.09. The molecule has 2 saturated carbocycles. The fourth-order valence-corrected chi connectivity index (χ4v) is 5.61. The molecule has 0 amide bonds. The Labute approximate surface area is 167 Å². The third-order valence-corrected chi connectivity index (χ3v) is 6.84. The highest BCUT2D eigenvalue weighted by Gasteiger charge is 2.86. The van der Waals surface area contributed by atoms with E-state index in [1.165, 1.54) is 21.1 Å². The van der Waals surface area contributed by atoms with Crippen LogP contribution in [0.1, 0.15) is 31.4 Å². The number of ketones is 2. The van der Waals surface area contributed by atoms with Crippen LogP contribution in [0, 0.1) is 5.92 Å². The van der Waals surface area contributed by atoms with E-state index in [1.807, 2.05) is 30.3 Å². The molecular weight excluding hydrogens is 395 g/mol. The third kappa shape index (κ3) is 2.58. The molecule has 0 N–H and O–H groups in total. The summed E-state index contributed by atoms with van der Waals surface area (Å²) in [5, 5.41) is 0. The second kappa shape index (κ2) is 6.85. The molecule has 8 heteroatoms. The number of hydrogen-bond acceptors (Lipinski definition) is 6. The van der Waals surface area contributed by atoms with Crippen LogP contribution in [-0.2, 0) is 28.6 Å². The molecule has 2 aliphatic rings. The molecule has 2 aliphatic carbocycles. The van der Waals surface area contributed by atoms with Crippen molar-refractivity contribution in [1.82, 2.24) is 0 Å². The maximum atomic E-state index is 12.7. The summed E-state index contributed by atoms with van der Waals surface area (Å²) in [4.78, 5) is 33.3. The van der Waals surface area contributed by atoms with Gasteiger partial charge in [0.25, 0.3) is 0 Å². The lowest BCUT2D eigenvalue weighted by Gasteiger charge is -2.38. The third-order valence-electron chi connectivity index (χ3n) is 5.54. The second-order valence-electron chi connectivity index (χ2n) is 6.84. The number of Topliss-reactive ketones (excluding diaryl/α,β-unsaturated/α-hetero) is 2. The number of hydrogen-bond donors (Lipinski definition) is 0. The Kier molecular flexibility index (Phi) is 5.14. The number of rotatable bonds is 6. The van der Waals surface area contributed by atoms with E-state index in [-0.39, 0.29) is 12.8 Å². The fourth-order valence-electron chi connectivity index (χ4n) is 4.42. The average molecular weight is 415 g/mol. The monoisotopic (exact) mass is 414 g/mol. The topological polar surface area (TPSA) is 78.9 Å². The number of carbonyl (C=O) groups is 3. The summed E-state index contributed by atoms with van der Waals surface area (Å²) in [7, 11) is 2.60. The van der Waals surface area contributed by atoms with Crippen LogP contribution < -0.4 is 0 Å². The predicted molar refractivity (Wildman–Crippen MR) is 97.6 cm³/mol. The first-order chi connectivity index (χ1) is 12.7. The molecular formula is C19H20Cl2O6. The standard InChI is InChI=1S/C19H20Cl2O6/c1-11(22)27-14(12-7-5-4-6-8-12)9-13-10-17(20)15(23)16(24)18(13,21)19(17,25-2)26-3/h4-8,13-14H,9-10H2,1-3H3/t13-,14?,17+,18-/m0/s1. The summed E-state index contributed by atoms with van der Waals surface area (Å²) < 4.78 is 16.4. The minimum atomic E-state index is -1.80. The highest BCUT2D eigenvalue weighted by atomic mass is 35.5. The molecule has 2 bridgehead atoms. The average Bonchev–Trinajstić information content (AvgIpc) is 2.92. The Bertz CT molecular complexity index is 778. The van der Waals surface area contributed by atoms with Crippen molar-refractivity contribution in [3.63, 3.8) is 0 Å². The minimum Gasteiger partial charge on any atom is -0.458 e. The molecule has 3 rings (SSSR count). The first kappa shape index (κ1) is 20.3. The van der Waals surface area contributed by atoms with Gasteiger partial charge in [0.1, 0.15) is 6.10 Å². The van der Waals surface area contributed by atoms with Crippen molar-refractivity contribution in [3.05, 3.63) is 35.9 Å². The number of esters is 1. The van der Waals surface area contributed by atoms with Gasteiger partial charge in [0.15, 0.2) is 9.75 Å². The molecule has 4 atom stereocenters. The highest BCUT2D eigenvalue weighted by molar-refractivity contribution is 6.65. The zero-order valence-electron chi connectivity index (χ0n) is 15.2. The van der Waals surface area contributed by atoms with Crippen molar-refractivity contribution in [2.75, 3.05) is 14.2 Å². The lowest BCUT2D eigenvalue weighted by molar-refractivity contribution is -0.221. The van der Waals surface area contributed by atoms with Crippen LogP contribution in [0.15, 0.2) is 30.3 Å². The van der Waals surface area contributed by atoms with Gasteiger partial charge in [0.05, 0.1) is 0 Å².